The van der Waals surface area contributed by atoms with Gasteiger partial charge in [-0.15, -0.1) is 0 Å². The van der Waals surface area contributed by atoms with Crippen molar-refractivity contribution in [2.24, 2.45) is 11.8 Å². The first-order valence-electron chi connectivity index (χ1n) is 12.6. The summed E-state index contributed by atoms with van der Waals surface area (Å²) in [5.74, 6) is 0.446. The van der Waals surface area contributed by atoms with E-state index in [1.165, 1.54) is 18.9 Å². The standard InChI is InChI=1S/C29H33F4N3/c1-17-11-22-18(2)21(20-7-5-6-8-20)13-23(24(14-34)27(22)25(30)12-17)26-10-9-19(15-35-26)16-36-28(3,4)29(31,32)33/h9-12,15,18,20-21,36H,5-8,13,16H2,1-4H3. The summed E-state index contributed by atoms with van der Waals surface area (Å²) in [6.07, 6.45) is 2.40. The van der Waals surface area contributed by atoms with Gasteiger partial charge in [-0.1, -0.05) is 44.7 Å². The average molecular weight is 500 g/mol. The first kappa shape index (κ1) is 26.3. The van der Waals surface area contributed by atoms with Crippen molar-refractivity contribution >= 4 is 11.1 Å². The quantitative estimate of drug-likeness (QED) is 0.429. The second-order valence-corrected chi connectivity index (χ2v) is 10.9. The minimum absolute atomic E-state index is 0.00240. The zero-order valence-corrected chi connectivity index (χ0v) is 21.3. The number of hydrogen-bond acceptors (Lipinski definition) is 3. The molecule has 192 valence electrons. The van der Waals surface area contributed by atoms with Crippen molar-refractivity contribution < 1.29 is 17.6 Å². The van der Waals surface area contributed by atoms with Crippen LogP contribution in [0.2, 0.25) is 0 Å². The predicted molar refractivity (Wildman–Crippen MR) is 133 cm³/mol. The molecule has 1 heterocycles. The molecule has 2 aliphatic rings. The van der Waals surface area contributed by atoms with E-state index in [1.807, 2.05) is 13.0 Å². The number of aryl methyl sites for hydroxylation is 1. The number of hydrogen-bond donors (Lipinski definition) is 1. The van der Waals surface area contributed by atoms with Crippen LogP contribution in [0.4, 0.5) is 17.6 Å². The summed E-state index contributed by atoms with van der Waals surface area (Å²) in [7, 11) is 0. The molecule has 0 saturated heterocycles. The van der Waals surface area contributed by atoms with E-state index in [0.717, 1.165) is 43.4 Å². The molecule has 0 amide bonds. The first-order valence-corrected chi connectivity index (χ1v) is 12.6. The van der Waals surface area contributed by atoms with E-state index in [1.54, 1.807) is 18.3 Å². The smallest absolute Gasteiger partial charge is 0.300 e. The number of rotatable bonds is 5. The third-order valence-electron chi connectivity index (χ3n) is 8.08. The maximum Gasteiger partial charge on any atom is 0.406 e. The van der Waals surface area contributed by atoms with E-state index in [-0.39, 0.29) is 18.4 Å². The van der Waals surface area contributed by atoms with Gasteiger partial charge in [-0.2, -0.15) is 18.4 Å². The van der Waals surface area contributed by atoms with E-state index in [4.69, 9.17) is 0 Å². The Labute approximate surface area is 210 Å². The Balaban J connectivity index is 1.74. The maximum absolute atomic E-state index is 15.4. The van der Waals surface area contributed by atoms with Crippen LogP contribution in [0.1, 0.15) is 86.7 Å². The lowest BCUT2D eigenvalue weighted by atomic mass is 9.75. The van der Waals surface area contributed by atoms with Crippen molar-refractivity contribution in [1.29, 1.82) is 5.26 Å². The SMILES string of the molecule is Cc1cc(F)c2c(c1)C(C)C(C1CCCC1)CC(c1ccc(CNC(C)(C)C(F)(F)F)cn1)=C2C#N. The number of pyridine rings is 1. The van der Waals surface area contributed by atoms with Crippen molar-refractivity contribution in [3.8, 4) is 6.07 Å². The second kappa shape index (κ2) is 9.97. The summed E-state index contributed by atoms with van der Waals surface area (Å²) in [5.41, 5.74) is 2.26. The zero-order chi connectivity index (χ0) is 26.3. The monoisotopic (exact) mass is 499 g/mol. The van der Waals surface area contributed by atoms with Crippen LogP contribution in [0.25, 0.3) is 11.1 Å². The Kier molecular flexibility index (Phi) is 7.30. The van der Waals surface area contributed by atoms with Gasteiger partial charge in [-0.25, -0.2) is 4.39 Å². The van der Waals surface area contributed by atoms with Crippen molar-refractivity contribution in [1.82, 2.24) is 10.3 Å². The van der Waals surface area contributed by atoms with Crippen molar-refractivity contribution in [3.05, 3.63) is 64.2 Å². The normalized spacial score (nSPS) is 21.3. The van der Waals surface area contributed by atoms with E-state index in [0.29, 0.717) is 34.7 Å². The minimum Gasteiger partial charge on any atom is -0.300 e. The highest BCUT2D eigenvalue weighted by Gasteiger charge is 2.46. The van der Waals surface area contributed by atoms with Crippen molar-refractivity contribution in [3.63, 3.8) is 0 Å². The molecule has 2 unspecified atom stereocenters. The van der Waals surface area contributed by atoms with Crippen LogP contribution in [0.3, 0.4) is 0 Å². The molecule has 36 heavy (non-hydrogen) atoms. The molecule has 2 aliphatic carbocycles. The maximum atomic E-state index is 15.4. The molecule has 1 aromatic heterocycles. The molecule has 0 bridgehead atoms. The Bertz CT molecular complexity index is 1180. The fourth-order valence-electron chi connectivity index (χ4n) is 5.74. The van der Waals surface area contributed by atoms with Crippen LogP contribution in [0.15, 0.2) is 30.5 Å². The predicted octanol–water partition coefficient (Wildman–Crippen LogP) is 7.71. The van der Waals surface area contributed by atoms with Crippen LogP contribution >= 0.6 is 0 Å². The van der Waals surface area contributed by atoms with Gasteiger partial charge < -0.3 is 0 Å². The van der Waals surface area contributed by atoms with Crippen molar-refractivity contribution in [2.75, 3.05) is 0 Å². The molecule has 0 radical (unpaired) electrons. The average Bonchev–Trinajstić information content (AvgIpc) is 3.31. The lowest BCUT2D eigenvalue weighted by Gasteiger charge is -2.30. The third kappa shape index (κ3) is 5.06. The third-order valence-corrected chi connectivity index (χ3v) is 8.08. The number of nitrogens with one attached hydrogen (secondary N) is 1. The number of nitriles is 1. The summed E-state index contributed by atoms with van der Waals surface area (Å²) in [6, 6.07) is 9.24. The summed E-state index contributed by atoms with van der Waals surface area (Å²) in [4.78, 5) is 4.56. The van der Waals surface area contributed by atoms with Gasteiger partial charge in [-0.3, -0.25) is 10.3 Å². The molecule has 0 spiro atoms. The summed E-state index contributed by atoms with van der Waals surface area (Å²) >= 11 is 0. The Morgan fingerprint density at radius 1 is 1.14 bits per heavy atom. The summed E-state index contributed by atoms with van der Waals surface area (Å²) in [6.45, 7) is 6.22. The fraction of sp³-hybridized carbons (Fsp3) is 0.517. The number of alkyl halides is 3. The van der Waals surface area contributed by atoms with E-state index < -0.39 is 17.5 Å². The number of fused-ring (bicyclic) bond motifs is 1. The Morgan fingerprint density at radius 3 is 2.42 bits per heavy atom. The lowest BCUT2D eigenvalue weighted by Crippen LogP contribution is -2.51. The molecule has 1 fully saturated rings. The van der Waals surface area contributed by atoms with Gasteiger partial charge in [0.2, 0.25) is 0 Å². The highest BCUT2D eigenvalue weighted by molar-refractivity contribution is 5.98. The zero-order valence-electron chi connectivity index (χ0n) is 21.3. The summed E-state index contributed by atoms with van der Waals surface area (Å²) < 4.78 is 55.0. The number of allylic oxidation sites excluding steroid dienone is 2. The molecule has 0 aliphatic heterocycles. The van der Waals surface area contributed by atoms with E-state index in [9.17, 15) is 18.4 Å². The number of halogens is 4. The first-order chi connectivity index (χ1) is 16.9. The molecule has 1 N–H and O–H groups in total. The highest BCUT2D eigenvalue weighted by Crippen LogP contribution is 2.49. The van der Waals surface area contributed by atoms with Crippen LogP contribution < -0.4 is 5.32 Å². The number of aromatic nitrogens is 1. The van der Waals surface area contributed by atoms with E-state index in [2.05, 4.69) is 23.3 Å². The van der Waals surface area contributed by atoms with Crippen LogP contribution in [0, 0.1) is 35.9 Å². The molecule has 1 saturated carbocycles. The van der Waals surface area contributed by atoms with Gasteiger partial charge in [0.25, 0.3) is 0 Å². The molecule has 1 aromatic carbocycles. The molecular formula is C29H33F4N3. The molecule has 2 atom stereocenters. The Morgan fingerprint density at radius 2 is 1.83 bits per heavy atom. The lowest BCUT2D eigenvalue weighted by molar-refractivity contribution is -0.186. The largest absolute Gasteiger partial charge is 0.406 e. The van der Waals surface area contributed by atoms with E-state index >= 15 is 4.39 Å². The molecular weight excluding hydrogens is 466 g/mol. The van der Waals surface area contributed by atoms with Crippen LogP contribution in [-0.2, 0) is 6.54 Å². The fourth-order valence-corrected chi connectivity index (χ4v) is 5.74. The van der Waals surface area contributed by atoms with Crippen LogP contribution in [-0.4, -0.2) is 16.7 Å². The number of benzene rings is 1. The van der Waals surface area contributed by atoms with Crippen LogP contribution in [0.5, 0.6) is 0 Å². The summed E-state index contributed by atoms with van der Waals surface area (Å²) in [5, 5.41) is 12.8. The minimum atomic E-state index is -4.38. The van der Waals surface area contributed by atoms with Gasteiger partial charge in [-0.05, 0) is 79.3 Å². The molecule has 7 heteroatoms. The topological polar surface area (TPSA) is 48.7 Å². The van der Waals surface area contributed by atoms with Gasteiger partial charge in [0.1, 0.15) is 17.4 Å². The Hall–Kier alpha value is -2.72. The van der Waals surface area contributed by atoms with Gasteiger partial charge >= 0.3 is 6.18 Å². The second-order valence-electron chi connectivity index (χ2n) is 10.9. The van der Waals surface area contributed by atoms with Gasteiger partial charge in [0, 0.05) is 18.3 Å². The number of nitrogens with zero attached hydrogens (tertiary/aromatic N) is 2. The molecule has 3 nitrogen and oxygen atoms in total. The molecule has 4 rings (SSSR count). The van der Waals surface area contributed by atoms with Crippen molar-refractivity contribution in [2.45, 2.75) is 84.0 Å². The molecule has 2 aromatic rings. The highest BCUT2D eigenvalue weighted by atomic mass is 19.4. The van der Waals surface area contributed by atoms with Gasteiger partial charge in [0.15, 0.2) is 0 Å². The van der Waals surface area contributed by atoms with Gasteiger partial charge in [0.05, 0.1) is 11.3 Å².